The zero-order chi connectivity index (χ0) is 40.4. The van der Waals surface area contributed by atoms with Crippen LogP contribution in [0.3, 0.4) is 0 Å². The zero-order valence-corrected chi connectivity index (χ0v) is 34.8. The van der Waals surface area contributed by atoms with E-state index < -0.39 is 34.3 Å². The van der Waals surface area contributed by atoms with Gasteiger partial charge in [0, 0.05) is 41.2 Å². The number of hydrogen-bond donors (Lipinski definition) is 4. The third kappa shape index (κ3) is 10.7. The molecule has 0 aromatic heterocycles. The first-order valence-corrected chi connectivity index (χ1v) is 20.8. The summed E-state index contributed by atoms with van der Waals surface area (Å²) < 4.78 is 12.2. The van der Waals surface area contributed by atoms with E-state index in [0.29, 0.717) is 36.6 Å². The van der Waals surface area contributed by atoms with Crippen molar-refractivity contribution in [2.75, 3.05) is 18.9 Å². The Morgan fingerprint density at radius 2 is 1.39 bits per heavy atom. The van der Waals surface area contributed by atoms with Crippen LogP contribution in [0.1, 0.15) is 71.4 Å². The first-order valence-electron chi connectivity index (χ1n) is 19.1. The summed E-state index contributed by atoms with van der Waals surface area (Å²) in [4.78, 5) is 39.5. The van der Waals surface area contributed by atoms with Gasteiger partial charge in [0.25, 0.3) is 5.91 Å². The van der Waals surface area contributed by atoms with Crippen molar-refractivity contribution in [2.24, 2.45) is 5.73 Å². The Morgan fingerprint density at radius 1 is 0.807 bits per heavy atom. The summed E-state index contributed by atoms with van der Waals surface area (Å²) in [5.41, 5.74) is 10.4. The van der Waals surface area contributed by atoms with Gasteiger partial charge in [-0.3, -0.25) is 9.59 Å². The van der Waals surface area contributed by atoms with E-state index in [2.05, 4.69) is 105 Å². The standard InChI is InChI=1S/C46H49BrN4O5S/c1-45(2,3)56-44(54)50-36(30-57-46(32-14-7-4-8-15-32,33-16-9-5-10-17-33)34-18-11-6-12-19-34)29-49-39-26-27-55-41-37(39)20-13-21-38(41)43(53)51-40(42(48)52)28-31-22-24-35(47)25-23-31/h4-25,36,39-40,49H,26-30H2,1-3H3,(H2,48,52)(H,50,54)(H,51,53)/t36-,39?,40+/m1/s1. The molecule has 5 aromatic carbocycles. The highest BCUT2D eigenvalue weighted by Gasteiger charge is 2.38. The van der Waals surface area contributed by atoms with Crippen LogP contribution in [0, 0.1) is 0 Å². The number of carbonyl (C=O) groups is 3. The molecule has 296 valence electrons. The number of halogens is 1. The van der Waals surface area contributed by atoms with Crippen LogP contribution in [0.2, 0.25) is 0 Å². The van der Waals surface area contributed by atoms with Crippen molar-refractivity contribution >= 4 is 45.6 Å². The van der Waals surface area contributed by atoms with Crippen molar-refractivity contribution in [1.82, 2.24) is 16.0 Å². The Morgan fingerprint density at radius 3 is 1.93 bits per heavy atom. The quantitative estimate of drug-likeness (QED) is 0.0780. The number of amides is 3. The van der Waals surface area contributed by atoms with Crippen LogP contribution in [0.4, 0.5) is 4.79 Å². The summed E-state index contributed by atoms with van der Waals surface area (Å²) in [6, 6.07) is 42.8. The van der Waals surface area contributed by atoms with E-state index in [1.807, 2.05) is 75.4 Å². The number of nitrogens with one attached hydrogen (secondary N) is 3. The van der Waals surface area contributed by atoms with Crippen molar-refractivity contribution in [1.29, 1.82) is 0 Å². The second-order valence-electron chi connectivity index (χ2n) is 15.0. The fraction of sp³-hybridized carbons (Fsp3) is 0.283. The Labute approximate surface area is 347 Å². The van der Waals surface area contributed by atoms with Crippen LogP contribution in [0.25, 0.3) is 0 Å². The first-order chi connectivity index (χ1) is 27.4. The van der Waals surface area contributed by atoms with Crippen molar-refractivity contribution in [3.05, 3.63) is 171 Å². The topological polar surface area (TPSA) is 132 Å². The van der Waals surface area contributed by atoms with Gasteiger partial charge in [0.2, 0.25) is 5.91 Å². The Kier molecular flexibility index (Phi) is 13.8. The van der Waals surface area contributed by atoms with Crippen LogP contribution in [0.15, 0.2) is 138 Å². The minimum atomic E-state index is -0.918. The van der Waals surface area contributed by atoms with Gasteiger partial charge in [-0.2, -0.15) is 0 Å². The van der Waals surface area contributed by atoms with Crippen molar-refractivity contribution < 1.29 is 23.9 Å². The van der Waals surface area contributed by atoms with Crippen molar-refractivity contribution in [3.63, 3.8) is 0 Å². The predicted octanol–water partition coefficient (Wildman–Crippen LogP) is 8.31. The average Bonchev–Trinajstić information content (AvgIpc) is 3.20. The maximum Gasteiger partial charge on any atom is 0.407 e. The number of thioether (sulfide) groups is 1. The van der Waals surface area contributed by atoms with Crippen molar-refractivity contribution in [2.45, 2.75) is 62.1 Å². The summed E-state index contributed by atoms with van der Waals surface area (Å²) in [7, 11) is 0. The molecule has 0 bridgehead atoms. The number of benzene rings is 5. The largest absolute Gasteiger partial charge is 0.492 e. The molecule has 1 aliphatic rings. The molecule has 0 radical (unpaired) electrons. The van der Waals surface area contributed by atoms with Gasteiger partial charge in [-0.05, 0) is 61.2 Å². The van der Waals surface area contributed by atoms with Gasteiger partial charge in [-0.25, -0.2) is 4.79 Å². The highest BCUT2D eigenvalue weighted by atomic mass is 79.9. The lowest BCUT2D eigenvalue weighted by atomic mass is 9.84. The fourth-order valence-corrected chi connectivity index (χ4v) is 8.86. The van der Waals surface area contributed by atoms with E-state index >= 15 is 0 Å². The Bertz CT molecular complexity index is 2020. The molecule has 3 atom stereocenters. The molecule has 5 N–H and O–H groups in total. The molecular weight excluding hydrogens is 800 g/mol. The molecule has 1 heterocycles. The van der Waals surface area contributed by atoms with Crippen LogP contribution in [-0.2, 0) is 20.7 Å². The summed E-state index contributed by atoms with van der Waals surface area (Å²) >= 11 is 5.18. The van der Waals surface area contributed by atoms with Crippen LogP contribution in [0.5, 0.6) is 5.75 Å². The summed E-state index contributed by atoms with van der Waals surface area (Å²) in [5.74, 6) is -0.106. The number of primary amides is 1. The summed E-state index contributed by atoms with van der Waals surface area (Å²) in [6.07, 6.45) is 0.386. The second kappa shape index (κ2) is 18.9. The molecule has 0 saturated carbocycles. The SMILES string of the molecule is CC(C)(C)OC(=O)N[C@H](CNC1CCOc2c(C(=O)N[C@@H](Cc3ccc(Br)cc3)C(N)=O)cccc21)CSC(c1ccccc1)(c1ccccc1)c1ccccc1. The summed E-state index contributed by atoms with van der Waals surface area (Å²) in [5, 5.41) is 9.69. The smallest absolute Gasteiger partial charge is 0.407 e. The number of rotatable bonds is 15. The van der Waals surface area contributed by atoms with E-state index in [1.54, 1.807) is 17.8 Å². The molecule has 0 fully saturated rings. The van der Waals surface area contributed by atoms with E-state index in [0.717, 1.165) is 32.3 Å². The molecule has 9 nitrogen and oxygen atoms in total. The first kappa shape index (κ1) is 41.5. The molecule has 57 heavy (non-hydrogen) atoms. The van der Waals surface area contributed by atoms with Gasteiger partial charge in [-0.1, -0.05) is 131 Å². The minimum absolute atomic E-state index is 0.189. The average molecular weight is 850 g/mol. The van der Waals surface area contributed by atoms with Gasteiger partial charge in [-0.15, -0.1) is 11.8 Å². The number of fused-ring (bicyclic) bond motifs is 1. The predicted molar refractivity (Wildman–Crippen MR) is 230 cm³/mol. The maximum absolute atomic E-state index is 13.7. The lowest BCUT2D eigenvalue weighted by Crippen LogP contribution is -2.47. The van der Waals surface area contributed by atoms with E-state index in [1.165, 1.54) is 0 Å². The number of carbonyl (C=O) groups excluding carboxylic acids is 3. The molecule has 3 amide bonds. The maximum atomic E-state index is 13.7. The normalized spacial score (nSPS) is 15.0. The van der Waals surface area contributed by atoms with Crippen molar-refractivity contribution in [3.8, 4) is 5.75 Å². The number of para-hydroxylation sites is 1. The molecule has 0 aliphatic carbocycles. The number of hydrogen-bond acceptors (Lipinski definition) is 7. The van der Waals surface area contributed by atoms with Gasteiger partial charge in [0.1, 0.15) is 17.4 Å². The molecule has 6 rings (SSSR count). The van der Waals surface area contributed by atoms with Crippen LogP contribution in [-0.4, -0.2) is 54.5 Å². The van der Waals surface area contributed by atoms with E-state index in [9.17, 15) is 14.4 Å². The molecular formula is C46H49BrN4O5S. The molecule has 0 saturated heterocycles. The van der Waals surface area contributed by atoms with Gasteiger partial charge in [0.15, 0.2) is 0 Å². The third-order valence-corrected chi connectivity index (χ3v) is 11.9. The Hall–Kier alpha value is -5.10. The lowest BCUT2D eigenvalue weighted by molar-refractivity contribution is -0.119. The lowest BCUT2D eigenvalue weighted by Gasteiger charge is -2.37. The second-order valence-corrected chi connectivity index (χ2v) is 17.2. The zero-order valence-electron chi connectivity index (χ0n) is 32.4. The number of ether oxygens (including phenoxy) is 2. The van der Waals surface area contributed by atoms with E-state index in [-0.39, 0.29) is 18.5 Å². The van der Waals surface area contributed by atoms with Gasteiger partial charge < -0.3 is 31.2 Å². The molecule has 0 spiro atoms. The molecule has 5 aromatic rings. The van der Waals surface area contributed by atoms with Gasteiger partial charge in [0.05, 0.1) is 23.0 Å². The Balaban J connectivity index is 1.25. The monoisotopic (exact) mass is 848 g/mol. The molecule has 11 heteroatoms. The third-order valence-electron chi connectivity index (χ3n) is 9.69. The van der Waals surface area contributed by atoms with Crippen LogP contribution < -0.4 is 26.4 Å². The fourth-order valence-electron chi connectivity index (χ4n) is 7.04. The number of nitrogens with two attached hydrogens (primary N) is 1. The highest BCUT2D eigenvalue weighted by molar-refractivity contribution is 9.10. The summed E-state index contributed by atoms with van der Waals surface area (Å²) in [6.45, 7) is 6.31. The molecule has 1 unspecified atom stereocenters. The van der Waals surface area contributed by atoms with Gasteiger partial charge >= 0.3 is 6.09 Å². The van der Waals surface area contributed by atoms with Crippen LogP contribution >= 0.6 is 27.7 Å². The number of alkyl carbamates (subject to hydrolysis) is 1. The highest BCUT2D eigenvalue weighted by Crippen LogP contribution is 2.48. The van der Waals surface area contributed by atoms with E-state index in [4.69, 9.17) is 15.2 Å². The molecule has 1 aliphatic heterocycles. The minimum Gasteiger partial charge on any atom is -0.492 e.